The van der Waals surface area contributed by atoms with Crippen molar-refractivity contribution in [2.24, 2.45) is 0 Å². The highest BCUT2D eigenvalue weighted by molar-refractivity contribution is 7.86. The molecular formula is C11H24ClN3O2S. The molecular weight excluding hydrogens is 274 g/mol. The van der Waals surface area contributed by atoms with Crippen LogP contribution < -0.4 is 5.32 Å². The molecule has 1 atom stereocenters. The molecule has 2 fully saturated rings. The lowest BCUT2D eigenvalue weighted by molar-refractivity contribution is 0.304. The van der Waals surface area contributed by atoms with Gasteiger partial charge < -0.3 is 5.32 Å². The average molecular weight is 298 g/mol. The second kappa shape index (κ2) is 7.05. The predicted octanol–water partition coefficient (Wildman–Crippen LogP) is 0.823. The lowest BCUT2D eigenvalue weighted by Crippen LogP contribution is -2.48. The van der Waals surface area contributed by atoms with Crippen LogP contribution >= 0.6 is 12.4 Å². The summed E-state index contributed by atoms with van der Waals surface area (Å²) in [4.78, 5) is 0. The topological polar surface area (TPSA) is 52.7 Å². The fourth-order valence-electron chi connectivity index (χ4n) is 2.66. The van der Waals surface area contributed by atoms with Gasteiger partial charge in [0, 0.05) is 32.2 Å². The molecule has 1 unspecified atom stereocenters. The predicted molar refractivity (Wildman–Crippen MR) is 75.2 cm³/mol. The third kappa shape index (κ3) is 3.36. The van der Waals surface area contributed by atoms with Crippen molar-refractivity contribution in [2.75, 3.05) is 32.7 Å². The highest BCUT2D eigenvalue weighted by atomic mass is 35.5. The summed E-state index contributed by atoms with van der Waals surface area (Å²) in [5, 5.41) is 3.25. The molecule has 0 amide bonds. The number of hydrogen-bond donors (Lipinski definition) is 1. The van der Waals surface area contributed by atoms with E-state index in [0.717, 1.165) is 38.8 Å². The van der Waals surface area contributed by atoms with Crippen LogP contribution in [0, 0.1) is 0 Å². The molecule has 0 bridgehead atoms. The van der Waals surface area contributed by atoms with E-state index in [2.05, 4.69) is 5.32 Å². The van der Waals surface area contributed by atoms with Gasteiger partial charge in [0.2, 0.25) is 0 Å². The van der Waals surface area contributed by atoms with Crippen LogP contribution in [-0.4, -0.2) is 55.8 Å². The molecule has 108 valence electrons. The van der Waals surface area contributed by atoms with Gasteiger partial charge in [-0.25, -0.2) is 0 Å². The maximum atomic E-state index is 12.5. The van der Waals surface area contributed by atoms with Gasteiger partial charge in [0.05, 0.1) is 0 Å². The number of rotatable bonds is 5. The van der Waals surface area contributed by atoms with Crippen molar-refractivity contribution in [3.8, 4) is 0 Å². The highest BCUT2D eigenvalue weighted by Crippen LogP contribution is 2.21. The first-order chi connectivity index (χ1) is 8.16. The molecule has 2 saturated heterocycles. The minimum absolute atomic E-state index is 0. The van der Waals surface area contributed by atoms with Gasteiger partial charge in [0.25, 0.3) is 10.2 Å². The Morgan fingerprint density at radius 1 is 1.33 bits per heavy atom. The maximum Gasteiger partial charge on any atom is 0.282 e. The summed E-state index contributed by atoms with van der Waals surface area (Å²) in [6.07, 6.45) is 3.82. The average Bonchev–Trinajstić information content (AvgIpc) is 2.97. The van der Waals surface area contributed by atoms with Crippen LogP contribution in [0.15, 0.2) is 0 Å². The summed E-state index contributed by atoms with van der Waals surface area (Å²) in [6.45, 7) is 5.80. The zero-order valence-electron chi connectivity index (χ0n) is 11.0. The normalized spacial score (nSPS) is 25.6. The minimum Gasteiger partial charge on any atom is -0.315 e. The van der Waals surface area contributed by atoms with Crippen LogP contribution in [-0.2, 0) is 10.2 Å². The molecule has 7 heteroatoms. The van der Waals surface area contributed by atoms with Crippen molar-refractivity contribution >= 4 is 22.6 Å². The Morgan fingerprint density at radius 2 is 2.00 bits per heavy atom. The van der Waals surface area contributed by atoms with E-state index >= 15 is 0 Å². The monoisotopic (exact) mass is 297 g/mol. The molecule has 2 rings (SSSR count). The van der Waals surface area contributed by atoms with E-state index in [1.807, 2.05) is 6.92 Å². The van der Waals surface area contributed by atoms with E-state index in [0.29, 0.717) is 19.6 Å². The lowest BCUT2D eigenvalue weighted by Gasteiger charge is -2.31. The van der Waals surface area contributed by atoms with Crippen LogP contribution in [0.5, 0.6) is 0 Å². The first kappa shape index (κ1) is 16.2. The molecule has 0 saturated carbocycles. The fraction of sp³-hybridized carbons (Fsp3) is 1.00. The number of nitrogens with zero attached hydrogens (tertiary/aromatic N) is 2. The molecule has 1 N–H and O–H groups in total. The Labute approximate surface area is 116 Å². The quantitative estimate of drug-likeness (QED) is 0.817. The molecule has 18 heavy (non-hydrogen) atoms. The number of hydrogen-bond acceptors (Lipinski definition) is 3. The molecule has 2 aliphatic heterocycles. The van der Waals surface area contributed by atoms with Crippen LogP contribution in [0.25, 0.3) is 0 Å². The van der Waals surface area contributed by atoms with E-state index in [1.54, 1.807) is 8.61 Å². The molecule has 0 aromatic rings. The lowest BCUT2D eigenvalue weighted by atomic mass is 10.2. The van der Waals surface area contributed by atoms with Crippen molar-refractivity contribution in [1.82, 2.24) is 13.9 Å². The second-order valence-corrected chi connectivity index (χ2v) is 6.75. The van der Waals surface area contributed by atoms with Crippen molar-refractivity contribution in [3.05, 3.63) is 0 Å². The molecule has 0 aliphatic carbocycles. The molecule has 0 aromatic carbocycles. The van der Waals surface area contributed by atoms with Crippen LogP contribution in [0.2, 0.25) is 0 Å². The Morgan fingerprint density at radius 3 is 2.50 bits per heavy atom. The third-order valence-corrected chi connectivity index (χ3v) is 5.66. The van der Waals surface area contributed by atoms with Gasteiger partial charge in [-0.3, -0.25) is 0 Å². The zero-order valence-corrected chi connectivity index (χ0v) is 12.6. The van der Waals surface area contributed by atoms with E-state index in [-0.39, 0.29) is 18.4 Å². The van der Waals surface area contributed by atoms with Crippen LogP contribution in [0.4, 0.5) is 0 Å². The highest BCUT2D eigenvalue weighted by Gasteiger charge is 2.36. The van der Waals surface area contributed by atoms with Gasteiger partial charge >= 0.3 is 0 Å². The Bertz CT molecular complexity index is 338. The van der Waals surface area contributed by atoms with Crippen molar-refractivity contribution in [1.29, 1.82) is 0 Å². The second-order valence-electron chi connectivity index (χ2n) is 4.87. The first-order valence-corrected chi connectivity index (χ1v) is 8.03. The standard InChI is InChI=1S/C11H23N3O2S.ClH/c1-2-7-14(11-5-6-12-10-11)17(15,16)13-8-3-4-9-13;/h11-12H,2-10H2,1H3;1H. The van der Waals surface area contributed by atoms with E-state index < -0.39 is 10.2 Å². The summed E-state index contributed by atoms with van der Waals surface area (Å²) in [7, 11) is -3.22. The number of halogens is 1. The third-order valence-electron chi connectivity index (χ3n) is 3.57. The van der Waals surface area contributed by atoms with Gasteiger partial charge in [0.15, 0.2) is 0 Å². The Kier molecular flexibility index (Phi) is 6.34. The summed E-state index contributed by atoms with van der Waals surface area (Å²) in [5.74, 6) is 0. The summed E-state index contributed by atoms with van der Waals surface area (Å²) in [5.41, 5.74) is 0. The molecule has 2 heterocycles. The largest absolute Gasteiger partial charge is 0.315 e. The number of nitrogens with one attached hydrogen (secondary N) is 1. The van der Waals surface area contributed by atoms with Crippen LogP contribution in [0.1, 0.15) is 32.6 Å². The summed E-state index contributed by atoms with van der Waals surface area (Å²) in [6, 6.07) is 0.153. The molecule has 0 spiro atoms. The summed E-state index contributed by atoms with van der Waals surface area (Å²) >= 11 is 0. The van der Waals surface area contributed by atoms with Crippen LogP contribution in [0.3, 0.4) is 0 Å². The zero-order chi connectivity index (χ0) is 12.3. The van der Waals surface area contributed by atoms with Crippen molar-refractivity contribution in [2.45, 2.75) is 38.6 Å². The Hall–Kier alpha value is 0.120. The summed E-state index contributed by atoms with van der Waals surface area (Å²) < 4.78 is 28.4. The van der Waals surface area contributed by atoms with E-state index in [1.165, 1.54) is 0 Å². The van der Waals surface area contributed by atoms with Gasteiger partial charge in [0.1, 0.15) is 0 Å². The SMILES string of the molecule is CCCN(C1CCNC1)S(=O)(=O)N1CCCC1.Cl. The molecule has 0 aromatic heterocycles. The van der Waals surface area contributed by atoms with Gasteiger partial charge in [-0.05, 0) is 32.2 Å². The first-order valence-electron chi connectivity index (χ1n) is 6.64. The fourth-order valence-corrected chi connectivity index (χ4v) is 4.65. The maximum absolute atomic E-state index is 12.5. The van der Waals surface area contributed by atoms with Crippen molar-refractivity contribution in [3.63, 3.8) is 0 Å². The van der Waals surface area contributed by atoms with Crippen molar-refractivity contribution < 1.29 is 8.42 Å². The molecule has 2 aliphatic rings. The van der Waals surface area contributed by atoms with Gasteiger partial charge in [-0.1, -0.05) is 6.92 Å². The van der Waals surface area contributed by atoms with E-state index in [4.69, 9.17) is 0 Å². The Balaban J connectivity index is 0.00000162. The molecule has 5 nitrogen and oxygen atoms in total. The van der Waals surface area contributed by atoms with Gasteiger partial charge in [-0.2, -0.15) is 17.0 Å². The van der Waals surface area contributed by atoms with E-state index in [9.17, 15) is 8.42 Å². The smallest absolute Gasteiger partial charge is 0.282 e. The van der Waals surface area contributed by atoms with Gasteiger partial charge in [-0.15, -0.1) is 12.4 Å². The minimum atomic E-state index is -3.22. The molecule has 0 radical (unpaired) electrons.